The van der Waals surface area contributed by atoms with E-state index in [1.807, 2.05) is 25.1 Å². The van der Waals surface area contributed by atoms with Crippen molar-refractivity contribution >= 4 is 27.8 Å². The van der Waals surface area contributed by atoms with Gasteiger partial charge in [0.2, 0.25) is 5.95 Å². The summed E-state index contributed by atoms with van der Waals surface area (Å²) in [7, 11) is 0. The first-order valence-electron chi connectivity index (χ1n) is 6.78. The van der Waals surface area contributed by atoms with Crippen LogP contribution in [0.15, 0.2) is 41.0 Å². The van der Waals surface area contributed by atoms with E-state index in [2.05, 4.69) is 30.9 Å². The van der Waals surface area contributed by atoms with Gasteiger partial charge in [-0.15, -0.1) is 0 Å². The first kappa shape index (κ1) is 15.2. The van der Waals surface area contributed by atoms with Gasteiger partial charge in [-0.2, -0.15) is 0 Å². The molecule has 0 spiro atoms. The lowest BCUT2D eigenvalue weighted by atomic mass is 10.1. The Kier molecular flexibility index (Phi) is 3.87. The number of carboxylic acids is 1. The molecule has 0 aliphatic heterocycles. The summed E-state index contributed by atoms with van der Waals surface area (Å²) in [5.74, 6) is -0.884. The van der Waals surface area contributed by atoms with Crippen LogP contribution in [0.2, 0.25) is 0 Å². The second-order valence-corrected chi connectivity index (χ2v) is 5.81. The Balaban J connectivity index is 2.21. The maximum Gasteiger partial charge on any atom is 0.337 e. The van der Waals surface area contributed by atoms with Crippen molar-refractivity contribution in [2.45, 2.75) is 6.92 Å². The summed E-state index contributed by atoms with van der Waals surface area (Å²) in [4.78, 5) is 22.7. The molecule has 3 aromatic rings. The molecule has 0 amide bonds. The molecule has 2 heterocycles. The number of anilines is 1. The van der Waals surface area contributed by atoms with Crippen LogP contribution in [0.1, 0.15) is 15.9 Å². The highest BCUT2D eigenvalue weighted by Gasteiger charge is 2.19. The second kappa shape index (κ2) is 5.85. The normalized spacial score (nSPS) is 10.7. The molecule has 0 bridgehead atoms. The molecule has 1 aromatic carbocycles. The topological polar surface area (TPSA) is 105 Å². The fraction of sp³-hybridized carbons (Fsp3) is 0.0625. The van der Waals surface area contributed by atoms with E-state index in [0.717, 1.165) is 15.6 Å². The summed E-state index contributed by atoms with van der Waals surface area (Å²) < 4.78 is 0.845. The Bertz CT molecular complexity index is 905. The number of aromatic amines is 1. The van der Waals surface area contributed by atoms with E-state index >= 15 is 0 Å². The van der Waals surface area contributed by atoms with E-state index in [1.165, 1.54) is 6.20 Å². The van der Waals surface area contributed by atoms with Crippen LogP contribution in [0.5, 0.6) is 0 Å². The van der Waals surface area contributed by atoms with Gasteiger partial charge in [-0.3, -0.25) is 0 Å². The van der Waals surface area contributed by atoms with Gasteiger partial charge in [0.1, 0.15) is 0 Å². The van der Waals surface area contributed by atoms with Crippen molar-refractivity contribution < 1.29 is 9.90 Å². The molecule has 3 rings (SSSR count). The molecule has 6 nitrogen and oxygen atoms in total. The maximum atomic E-state index is 11.6. The fourth-order valence-corrected chi connectivity index (χ4v) is 2.80. The SMILES string of the molecule is Cc1cccc(-c2[nH]c(-c3ccnc(N)n3)cc2C(=O)O)c1Br. The third kappa shape index (κ3) is 2.83. The average molecular weight is 373 g/mol. The summed E-state index contributed by atoms with van der Waals surface area (Å²) in [6.45, 7) is 1.95. The van der Waals surface area contributed by atoms with Crippen LogP contribution < -0.4 is 5.73 Å². The van der Waals surface area contributed by atoms with Crippen molar-refractivity contribution in [3.63, 3.8) is 0 Å². The number of H-pyrrole nitrogens is 1. The number of aromatic nitrogens is 3. The highest BCUT2D eigenvalue weighted by molar-refractivity contribution is 9.10. The van der Waals surface area contributed by atoms with E-state index in [1.54, 1.807) is 12.1 Å². The monoisotopic (exact) mass is 372 g/mol. The minimum atomic E-state index is -1.02. The molecular weight excluding hydrogens is 360 g/mol. The number of nitrogens with one attached hydrogen (secondary N) is 1. The van der Waals surface area contributed by atoms with Gasteiger partial charge in [0.15, 0.2) is 0 Å². The van der Waals surface area contributed by atoms with Crippen molar-refractivity contribution in [1.29, 1.82) is 0 Å². The molecule has 0 fully saturated rings. The molecule has 23 heavy (non-hydrogen) atoms. The van der Waals surface area contributed by atoms with E-state index in [9.17, 15) is 9.90 Å². The lowest BCUT2D eigenvalue weighted by Gasteiger charge is -2.07. The molecule has 7 heteroatoms. The molecule has 0 atom stereocenters. The zero-order valence-electron chi connectivity index (χ0n) is 12.2. The van der Waals surface area contributed by atoms with Crippen LogP contribution in [0.25, 0.3) is 22.6 Å². The fourth-order valence-electron chi connectivity index (χ4n) is 2.34. The standard InChI is InChI=1S/C16H13BrN4O2/c1-8-3-2-4-9(13(8)17)14-10(15(22)23)7-12(20-14)11-5-6-19-16(18)21-11/h2-7,20H,1H3,(H,22,23)(H2,18,19,21). The molecule has 0 radical (unpaired) electrons. The summed E-state index contributed by atoms with van der Waals surface area (Å²) in [5, 5.41) is 9.51. The van der Waals surface area contributed by atoms with E-state index in [0.29, 0.717) is 17.1 Å². The van der Waals surface area contributed by atoms with E-state index in [4.69, 9.17) is 5.73 Å². The summed E-state index contributed by atoms with van der Waals surface area (Å²) in [6.07, 6.45) is 1.53. The summed E-state index contributed by atoms with van der Waals surface area (Å²) >= 11 is 3.52. The van der Waals surface area contributed by atoms with Crippen LogP contribution in [0, 0.1) is 6.92 Å². The van der Waals surface area contributed by atoms with Gasteiger partial charge in [-0.25, -0.2) is 14.8 Å². The minimum Gasteiger partial charge on any atom is -0.478 e. The van der Waals surface area contributed by atoms with E-state index in [-0.39, 0.29) is 11.5 Å². The number of aryl methyl sites for hydroxylation is 1. The Hall–Kier alpha value is -2.67. The highest BCUT2D eigenvalue weighted by Crippen LogP contribution is 2.34. The molecule has 0 aliphatic carbocycles. The Morgan fingerprint density at radius 3 is 2.83 bits per heavy atom. The Labute approximate surface area is 140 Å². The number of aromatic carboxylic acids is 1. The zero-order chi connectivity index (χ0) is 16.6. The van der Waals surface area contributed by atoms with Crippen LogP contribution in [-0.2, 0) is 0 Å². The third-order valence-corrected chi connectivity index (χ3v) is 4.51. The number of nitrogens with two attached hydrogens (primary N) is 1. The number of halogens is 1. The van der Waals surface area contributed by atoms with Gasteiger partial charge in [-0.05, 0) is 40.5 Å². The maximum absolute atomic E-state index is 11.6. The Morgan fingerprint density at radius 2 is 2.13 bits per heavy atom. The molecular formula is C16H13BrN4O2. The van der Waals surface area contributed by atoms with Crippen molar-refractivity contribution in [3.8, 4) is 22.6 Å². The molecule has 0 saturated heterocycles. The van der Waals surface area contributed by atoms with Crippen molar-refractivity contribution in [1.82, 2.24) is 15.0 Å². The summed E-state index contributed by atoms with van der Waals surface area (Å²) in [6, 6.07) is 8.90. The highest BCUT2D eigenvalue weighted by atomic mass is 79.9. The number of benzene rings is 1. The number of hydrogen-bond acceptors (Lipinski definition) is 4. The number of carbonyl (C=O) groups is 1. The van der Waals surface area contributed by atoms with Crippen LogP contribution in [-0.4, -0.2) is 26.0 Å². The first-order chi connectivity index (χ1) is 11.0. The van der Waals surface area contributed by atoms with Crippen molar-refractivity contribution in [2.75, 3.05) is 5.73 Å². The number of nitrogens with zero attached hydrogens (tertiary/aromatic N) is 2. The molecule has 0 unspecified atom stereocenters. The number of nitrogen functional groups attached to an aromatic ring is 1. The summed E-state index contributed by atoms with van der Waals surface area (Å²) in [5.41, 5.74) is 9.18. The molecule has 4 N–H and O–H groups in total. The molecule has 0 saturated carbocycles. The van der Waals surface area contributed by atoms with Gasteiger partial charge >= 0.3 is 5.97 Å². The quantitative estimate of drug-likeness (QED) is 0.652. The zero-order valence-corrected chi connectivity index (χ0v) is 13.8. The first-order valence-corrected chi connectivity index (χ1v) is 7.57. The number of rotatable bonds is 3. The van der Waals surface area contributed by atoms with Gasteiger partial charge in [0.25, 0.3) is 0 Å². The molecule has 116 valence electrons. The second-order valence-electron chi connectivity index (χ2n) is 5.01. The average Bonchev–Trinajstić information content (AvgIpc) is 2.95. The Morgan fingerprint density at radius 1 is 1.35 bits per heavy atom. The molecule has 0 aliphatic rings. The lowest BCUT2D eigenvalue weighted by molar-refractivity contribution is 0.0698. The predicted molar refractivity (Wildman–Crippen MR) is 91.1 cm³/mol. The van der Waals surface area contributed by atoms with Gasteiger partial charge in [-0.1, -0.05) is 18.2 Å². The van der Waals surface area contributed by atoms with Crippen molar-refractivity contribution in [2.24, 2.45) is 0 Å². The number of carboxylic acid groups (broad SMARTS) is 1. The van der Waals surface area contributed by atoms with Gasteiger partial charge < -0.3 is 15.8 Å². The van der Waals surface area contributed by atoms with Crippen LogP contribution >= 0.6 is 15.9 Å². The smallest absolute Gasteiger partial charge is 0.337 e. The van der Waals surface area contributed by atoms with Crippen molar-refractivity contribution in [3.05, 3.63) is 52.1 Å². The number of hydrogen-bond donors (Lipinski definition) is 3. The van der Waals surface area contributed by atoms with Crippen LogP contribution in [0.3, 0.4) is 0 Å². The molecule has 2 aromatic heterocycles. The van der Waals surface area contributed by atoms with Crippen LogP contribution in [0.4, 0.5) is 5.95 Å². The van der Waals surface area contributed by atoms with E-state index < -0.39 is 5.97 Å². The minimum absolute atomic E-state index is 0.132. The lowest BCUT2D eigenvalue weighted by Crippen LogP contribution is -1.97. The van der Waals surface area contributed by atoms with Gasteiger partial charge in [0, 0.05) is 16.2 Å². The predicted octanol–water partition coefficient (Wildman–Crippen LogP) is 3.49. The van der Waals surface area contributed by atoms with Gasteiger partial charge in [0.05, 0.1) is 22.6 Å². The third-order valence-electron chi connectivity index (χ3n) is 3.46. The largest absolute Gasteiger partial charge is 0.478 e.